The molecule has 1 atom stereocenters. The third-order valence-corrected chi connectivity index (χ3v) is 5.56. The number of esters is 1. The molecule has 0 bridgehead atoms. The van der Waals surface area contributed by atoms with Crippen LogP contribution in [0.4, 0.5) is 0 Å². The molecule has 26 heavy (non-hydrogen) atoms. The number of benzene rings is 2. The average Bonchev–Trinajstić information content (AvgIpc) is 2.68. The molecule has 1 fully saturated rings. The first-order valence-electron chi connectivity index (χ1n) is 9.04. The van der Waals surface area contributed by atoms with Crippen LogP contribution in [-0.4, -0.2) is 43.7 Å². The first-order chi connectivity index (χ1) is 12.7. The normalized spacial score (nSPS) is 23.3. The molecule has 0 amide bonds. The van der Waals surface area contributed by atoms with Crippen LogP contribution in [0.5, 0.6) is 0 Å². The Morgan fingerprint density at radius 3 is 2.54 bits per heavy atom. The summed E-state index contributed by atoms with van der Waals surface area (Å²) in [5, 5.41) is 0.680. The number of ether oxygens (including phenoxy) is 2. The maximum atomic E-state index is 12.7. The van der Waals surface area contributed by atoms with Gasteiger partial charge < -0.3 is 9.47 Å². The highest BCUT2D eigenvalue weighted by atomic mass is 35.5. The number of carbonyl (C=O) groups excluding carboxylic acids is 1. The molecule has 5 heteroatoms. The van der Waals surface area contributed by atoms with Crippen molar-refractivity contribution in [3.8, 4) is 0 Å². The third kappa shape index (κ3) is 3.50. The lowest BCUT2D eigenvalue weighted by atomic mass is 9.80. The lowest BCUT2D eigenvalue weighted by Crippen LogP contribution is -2.44. The molecule has 1 saturated heterocycles. The summed E-state index contributed by atoms with van der Waals surface area (Å²) in [4.78, 5) is 15.1. The molecule has 0 aromatic heterocycles. The van der Waals surface area contributed by atoms with E-state index in [9.17, 15) is 4.79 Å². The third-order valence-electron chi connectivity index (χ3n) is 5.31. The maximum Gasteiger partial charge on any atom is 0.339 e. The first-order valence-corrected chi connectivity index (χ1v) is 9.41. The van der Waals surface area contributed by atoms with E-state index in [0.717, 1.165) is 50.4 Å². The molecule has 0 N–H and O–H groups in total. The zero-order valence-electron chi connectivity index (χ0n) is 14.6. The molecule has 0 spiro atoms. The molecule has 4 rings (SSSR count). The lowest BCUT2D eigenvalue weighted by molar-refractivity contribution is -0.0424. The van der Waals surface area contributed by atoms with Crippen LogP contribution in [-0.2, 0) is 21.5 Å². The van der Waals surface area contributed by atoms with Crippen molar-refractivity contribution in [3.63, 3.8) is 0 Å². The monoisotopic (exact) mass is 371 g/mol. The molecule has 2 aliphatic heterocycles. The van der Waals surface area contributed by atoms with E-state index in [1.54, 1.807) is 0 Å². The molecule has 0 aliphatic carbocycles. The molecule has 0 radical (unpaired) electrons. The van der Waals surface area contributed by atoms with Crippen LogP contribution in [0.15, 0.2) is 48.5 Å². The predicted molar refractivity (Wildman–Crippen MR) is 101 cm³/mol. The van der Waals surface area contributed by atoms with Gasteiger partial charge in [-0.05, 0) is 29.3 Å². The lowest BCUT2D eigenvalue weighted by Gasteiger charge is -2.40. The van der Waals surface area contributed by atoms with Crippen molar-refractivity contribution in [3.05, 3.63) is 70.2 Å². The van der Waals surface area contributed by atoms with Gasteiger partial charge in [-0.1, -0.05) is 41.9 Å². The van der Waals surface area contributed by atoms with E-state index in [1.807, 2.05) is 48.5 Å². The topological polar surface area (TPSA) is 38.8 Å². The van der Waals surface area contributed by atoms with Crippen LogP contribution in [0.25, 0.3) is 0 Å². The molecule has 2 aromatic rings. The van der Waals surface area contributed by atoms with Gasteiger partial charge in [0, 0.05) is 37.5 Å². The van der Waals surface area contributed by atoms with Crippen LogP contribution in [0.2, 0.25) is 5.02 Å². The largest absolute Gasteiger partial charge is 0.450 e. The fourth-order valence-electron chi connectivity index (χ4n) is 3.81. The number of nitrogens with zero attached hydrogens (tertiary/aromatic N) is 1. The summed E-state index contributed by atoms with van der Waals surface area (Å²) in [6.45, 7) is 4.22. The summed E-state index contributed by atoms with van der Waals surface area (Å²) in [6.07, 6.45) is 1.43. The van der Waals surface area contributed by atoms with Gasteiger partial charge in [0.2, 0.25) is 0 Å². The minimum Gasteiger partial charge on any atom is -0.450 e. The summed E-state index contributed by atoms with van der Waals surface area (Å²) >= 11 is 6.07. The summed E-state index contributed by atoms with van der Waals surface area (Å²) < 4.78 is 11.5. The van der Waals surface area contributed by atoms with Crippen LogP contribution in [0.3, 0.4) is 0 Å². The highest BCUT2D eigenvalue weighted by molar-refractivity contribution is 6.30. The number of carbonyl (C=O) groups is 1. The van der Waals surface area contributed by atoms with Crippen LogP contribution in [0.1, 0.15) is 27.9 Å². The highest BCUT2D eigenvalue weighted by Crippen LogP contribution is 2.39. The minimum absolute atomic E-state index is 0.247. The Morgan fingerprint density at radius 1 is 1.04 bits per heavy atom. The Balaban J connectivity index is 1.66. The molecule has 2 heterocycles. The SMILES string of the molecule is O=C1OC(CCN2CCOCC2)(c2ccc(Cl)cc2)Cc2ccccc21. The summed E-state index contributed by atoms with van der Waals surface area (Å²) in [5.74, 6) is -0.247. The van der Waals surface area contributed by atoms with E-state index in [0.29, 0.717) is 17.0 Å². The van der Waals surface area contributed by atoms with E-state index >= 15 is 0 Å². The van der Waals surface area contributed by atoms with Crippen molar-refractivity contribution in [2.45, 2.75) is 18.4 Å². The van der Waals surface area contributed by atoms with E-state index in [1.165, 1.54) is 0 Å². The Labute approximate surface area is 158 Å². The van der Waals surface area contributed by atoms with Crippen LogP contribution < -0.4 is 0 Å². The summed E-state index contributed by atoms with van der Waals surface area (Å²) in [5.41, 5.74) is 2.05. The van der Waals surface area contributed by atoms with E-state index < -0.39 is 5.60 Å². The van der Waals surface area contributed by atoms with Gasteiger partial charge in [-0.15, -0.1) is 0 Å². The van der Waals surface area contributed by atoms with Crippen molar-refractivity contribution < 1.29 is 14.3 Å². The number of hydrogen-bond donors (Lipinski definition) is 0. The fraction of sp³-hybridized carbons (Fsp3) is 0.381. The van der Waals surface area contributed by atoms with Crippen molar-refractivity contribution >= 4 is 17.6 Å². The van der Waals surface area contributed by atoms with Gasteiger partial charge in [-0.3, -0.25) is 4.90 Å². The van der Waals surface area contributed by atoms with Gasteiger partial charge in [-0.25, -0.2) is 4.79 Å². The van der Waals surface area contributed by atoms with Crippen molar-refractivity contribution in [2.75, 3.05) is 32.8 Å². The molecule has 0 saturated carbocycles. The molecule has 2 aromatic carbocycles. The van der Waals surface area contributed by atoms with Gasteiger partial charge in [0.25, 0.3) is 0 Å². The second-order valence-corrected chi connectivity index (χ2v) is 7.37. The van der Waals surface area contributed by atoms with Crippen LogP contribution >= 0.6 is 11.6 Å². The van der Waals surface area contributed by atoms with E-state index in [2.05, 4.69) is 4.90 Å². The maximum absolute atomic E-state index is 12.7. The zero-order valence-corrected chi connectivity index (χ0v) is 15.4. The van der Waals surface area contributed by atoms with Gasteiger partial charge in [-0.2, -0.15) is 0 Å². The summed E-state index contributed by atoms with van der Waals surface area (Å²) in [7, 11) is 0. The first kappa shape index (κ1) is 17.5. The van der Waals surface area contributed by atoms with Crippen LogP contribution in [0, 0.1) is 0 Å². The van der Waals surface area contributed by atoms with Gasteiger partial charge in [0.1, 0.15) is 5.60 Å². The number of hydrogen-bond acceptors (Lipinski definition) is 4. The second kappa shape index (κ2) is 7.39. The minimum atomic E-state index is -0.658. The van der Waals surface area contributed by atoms with Gasteiger partial charge in [0.05, 0.1) is 18.8 Å². The zero-order chi connectivity index (χ0) is 18.0. The van der Waals surface area contributed by atoms with Gasteiger partial charge in [0.15, 0.2) is 0 Å². The Hall–Kier alpha value is -1.88. The molecule has 1 unspecified atom stereocenters. The van der Waals surface area contributed by atoms with E-state index in [4.69, 9.17) is 21.1 Å². The number of cyclic esters (lactones) is 1. The molecule has 136 valence electrons. The Kier molecular flexibility index (Phi) is 4.98. The number of halogens is 1. The highest BCUT2D eigenvalue weighted by Gasteiger charge is 2.41. The predicted octanol–water partition coefficient (Wildman–Crippen LogP) is 3.67. The number of morpholine rings is 1. The standard InChI is InChI=1S/C21H22ClNO3/c22-18-7-5-17(6-8-18)21(9-10-23-11-13-25-14-12-23)15-16-3-1-2-4-19(16)20(24)26-21/h1-8H,9-15H2. The number of rotatable bonds is 4. The quantitative estimate of drug-likeness (QED) is 0.769. The van der Waals surface area contributed by atoms with Crippen molar-refractivity contribution in [1.29, 1.82) is 0 Å². The summed E-state index contributed by atoms with van der Waals surface area (Å²) in [6, 6.07) is 15.4. The molecule has 4 nitrogen and oxygen atoms in total. The molecular formula is C21H22ClNO3. The fourth-order valence-corrected chi connectivity index (χ4v) is 3.94. The van der Waals surface area contributed by atoms with Crippen molar-refractivity contribution in [1.82, 2.24) is 4.90 Å². The Morgan fingerprint density at radius 2 is 1.77 bits per heavy atom. The average molecular weight is 372 g/mol. The van der Waals surface area contributed by atoms with E-state index in [-0.39, 0.29) is 5.97 Å². The number of fused-ring (bicyclic) bond motifs is 1. The van der Waals surface area contributed by atoms with Crippen molar-refractivity contribution in [2.24, 2.45) is 0 Å². The smallest absolute Gasteiger partial charge is 0.339 e. The second-order valence-electron chi connectivity index (χ2n) is 6.93. The Bertz CT molecular complexity index is 786. The van der Waals surface area contributed by atoms with Gasteiger partial charge >= 0.3 is 5.97 Å². The molecule has 2 aliphatic rings. The molecular weight excluding hydrogens is 350 g/mol.